The van der Waals surface area contributed by atoms with Crippen molar-refractivity contribution in [1.82, 2.24) is 19.6 Å². The van der Waals surface area contributed by atoms with Crippen LogP contribution >= 0.6 is 23.2 Å². The molecule has 0 bridgehead atoms. The molecule has 0 aliphatic heterocycles. The van der Waals surface area contributed by atoms with Gasteiger partial charge < -0.3 is 5.32 Å². The molecule has 0 aliphatic rings. The molecule has 1 unspecified atom stereocenters. The van der Waals surface area contributed by atoms with Crippen LogP contribution in [0.2, 0.25) is 10.0 Å². The molecular formula is C17H16Cl2FN5O. The lowest BCUT2D eigenvalue weighted by Crippen LogP contribution is -2.24. The van der Waals surface area contributed by atoms with Crippen LogP contribution in [-0.4, -0.2) is 25.5 Å². The zero-order chi connectivity index (χ0) is 18.7. The standard InChI is InChI=1S/C17H16Cl2FN5O/c1-11(8-25-10-13(18)7-21-25)17(26)22-16-4-5-24(23-16)9-12-2-3-14(20)6-15(12)19/h2-7,10-11H,8-9H2,1H3,(H,22,23,26). The normalized spacial score (nSPS) is 12.2. The van der Waals surface area contributed by atoms with Gasteiger partial charge >= 0.3 is 0 Å². The summed E-state index contributed by atoms with van der Waals surface area (Å²) in [7, 11) is 0. The van der Waals surface area contributed by atoms with Crippen LogP contribution in [-0.2, 0) is 17.9 Å². The van der Waals surface area contributed by atoms with Crippen molar-refractivity contribution in [3.05, 3.63) is 64.3 Å². The summed E-state index contributed by atoms with van der Waals surface area (Å²) >= 11 is 11.8. The highest BCUT2D eigenvalue weighted by Gasteiger charge is 2.15. The number of carbonyl (C=O) groups is 1. The SMILES string of the molecule is CC(Cn1cc(Cl)cn1)C(=O)Nc1ccn(Cc2ccc(F)cc2Cl)n1. The Balaban J connectivity index is 1.59. The number of carbonyl (C=O) groups excluding carboxylic acids is 1. The van der Waals surface area contributed by atoms with Crippen LogP contribution in [0.4, 0.5) is 10.2 Å². The molecule has 3 aromatic rings. The van der Waals surface area contributed by atoms with E-state index in [9.17, 15) is 9.18 Å². The van der Waals surface area contributed by atoms with Gasteiger partial charge in [-0.05, 0) is 17.7 Å². The zero-order valence-electron chi connectivity index (χ0n) is 13.9. The fraction of sp³-hybridized carbons (Fsp3) is 0.235. The molecule has 1 amide bonds. The predicted octanol–water partition coefficient (Wildman–Crippen LogP) is 3.85. The minimum Gasteiger partial charge on any atom is -0.309 e. The summed E-state index contributed by atoms with van der Waals surface area (Å²) in [6, 6.07) is 5.89. The highest BCUT2D eigenvalue weighted by atomic mass is 35.5. The van der Waals surface area contributed by atoms with E-state index in [1.165, 1.54) is 18.3 Å². The third kappa shape index (κ3) is 4.62. The number of benzene rings is 1. The first kappa shape index (κ1) is 18.4. The summed E-state index contributed by atoms with van der Waals surface area (Å²) in [5.74, 6) is -0.456. The topological polar surface area (TPSA) is 64.7 Å². The number of hydrogen-bond acceptors (Lipinski definition) is 3. The lowest BCUT2D eigenvalue weighted by atomic mass is 10.1. The maximum Gasteiger partial charge on any atom is 0.230 e. The molecule has 0 saturated carbocycles. The summed E-state index contributed by atoms with van der Waals surface area (Å²) < 4.78 is 16.3. The van der Waals surface area contributed by atoms with Gasteiger partial charge in [0.2, 0.25) is 5.91 Å². The Morgan fingerprint density at radius 2 is 2.12 bits per heavy atom. The second-order valence-electron chi connectivity index (χ2n) is 5.91. The molecule has 2 aromatic heterocycles. The van der Waals surface area contributed by atoms with Gasteiger partial charge in [0.25, 0.3) is 0 Å². The molecule has 1 atom stereocenters. The molecule has 0 spiro atoms. The average molecular weight is 396 g/mol. The van der Waals surface area contributed by atoms with Gasteiger partial charge in [-0.3, -0.25) is 14.2 Å². The Morgan fingerprint density at radius 1 is 1.31 bits per heavy atom. The van der Waals surface area contributed by atoms with Crippen LogP contribution in [0.15, 0.2) is 42.9 Å². The third-order valence-corrected chi connectivity index (χ3v) is 4.30. The van der Waals surface area contributed by atoms with Gasteiger partial charge in [-0.2, -0.15) is 10.2 Å². The van der Waals surface area contributed by atoms with E-state index in [0.29, 0.717) is 29.0 Å². The first-order valence-electron chi connectivity index (χ1n) is 7.87. The van der Waals surface area contributed by atoms with Crippen molar-refractivity contribution in [2.45, 2.75) is 20.0 Å². The number of hydrogen-bond donors (Lipinski definition) is 1. The van der Waals surface area contributed by atoms with E-state index in [-0.39, 0.29) is 17.6 Å². The molecule has 9 heteroatoms. The van der Waals surface area contributed by atoms with Crippen LogP contribution in [0.3, 0.4) is 0 Å². The van der Waals surface area contributed by atoms with Gasteiger partial charge in [0.1, 0.15) is 5.82 Å². The lowest BCUT2D eigenvalue weighted by molar-refractivity contribution is -0.119. The third-order valence-electron chi connectivity index (χ3n) is 3.75. The van der Waals surface area contributed by atoms with Crippen molar-refractivity contribution in [2.75, 3.05) is 5.32 Å². The molecule has 1 aromatic carbocycles. The molecule has 6 nitrogen and oxygen atoms in total. The van der Waals surface area contributed by atoms with Gasteiger partial charge in [-0.15, -0.1) is 0 Å². The summed E-state index contributed by atoms with van der Waals surface area (Å²) in [4.78, 5) is 12.3. The van der Waals surface area contributed by atoms with Gasteiger partial charge in [-0.25, -0.2) is 4.39 Å². The average Bonchev–Trinajstić information content (AvgIpc) is 3.19. The Labute approximate surface area is 159 Å². The fourth-order valence-electron chi connectivity index (χ4n) is 2.39. The minimum absolute atomic E-state index is 0.179. The van der Waals surface area contributed by atoms with Crippen LogP contribution in [0.25, 0.3) is 0 Å². The van der Waals surface area contributed by atoms with Gasteiger partial charge in [0.15, 0.2) is 5.82 Å². The van der Waals surface area contributed by atoms with Gasteiger partial charge in [0, 0.05) is 23.5 Å². The van der Waals surface area contributed by atoms with E-state index in [1.807, 2.05) is 0 Å². The second kappa shape index (κ2) is 7.88. The Bertz CT molecular complexity index is 924. The number of aromatic nitrogens is 4. The van der Waals surface area contributed by atoms with Gasteiger partial charge in [0.05, 0.1) is 30.2 Å². The maximum atomic E-state index is 13.1. The van der Waals surface area contributed by atoms with Crippen LogP contribution < -0.4 is 5.32 Å². The van der Waals surface area contributed by atoms with E-state index in [4.69, 9.17) is 23.2 Å². The fourth-order valence-corrected chi connectivity index (χ4v) is 2.78. The molecule has 0 saturated heterocycles. The van der Waals surface area contributed by atoms with Crippen molar-refractivity contribution < 1.29 is 9.18 Å². The number of halogens is 3. The van der Waals surface area contributed by atoms with E-state index >= 15 is 0 Å². The Morgan fingerprint density at radius 3 is 2.81 bits per heavy atom. The molecular weight excluding hydrogens is 380 g/mol. The number of anilines is 1. The van der Waals surface area contributed by atoms with E-state index in [1.54, 1.807) is 40.8 Å². The van der Waals surface area contributed by atoms with Crippen LogP contribution in [0, 0.1) is 11.7 Å². The van der Waals surface area contributed by atoms with Crippen molar-refractivity contribution in [3.8, 4) is 0 Å². The highest BCUT2D eigenvalue weighted by molar-refractivity contribution is 6.31. The minimum atomic E-state index is -0.389. The molecule has 0 aliphatic carbocycles. The van der Waals surface area contributed by atoms with E-state index in [2.05, 4.69) is 15.5 Å². The largest absolute Gasteiger partial charge is 0.309 e. The lowest BCUT2D eigenvalue weighted by Gasteiger charge is -2.10. The van der Waals surface area contributed by atoms with Crippen molar-refractivity contribution in [2.24, 2.45) is 5.92 Å². The van der Waals surface area contributed by atoms with Crippen LogP contribution in [0.5, 0.6) is 0 Å². The number of amides is 1. The number of rotatable bonds is 6. The number of nitrogens with one attached hydrogen (secondary N) is 1. The molecule has 26 heavy (non-hydrogen) atoms. The summed E-state index contributed by atoms with van der Waals surface area (Å²) in [6.07, 6.45) is 4.90. The molecule has 1 N–H and O–H groups in total. The summed E-state index contributed by atoms with van der Waals surface area (Å²) in [5.41, 5.74) is 0.734. The van der Waals surface area contributed by atoms with Crippen molar-refractivity contribution in [1.29, 1.82) is 0 Å². The molecule has 2 heterocycles. The molecule has 136 valence electrons. The quantitative estimate of drug-likeness (QED) is 0.689. The molecule has 0 radical (unpaired) electrons. The van der Waals surface area contributed by atoms with E-state index in [0.717, 1.165) is 5.56 Å². The van der Waals surface area contributed by atoms with Crippen molar-refractivity contribution in [3.63, 3.8) is 0 Å². The van der Waals surface area contributed by atoms with E-state index < -0.39 is 0 Å². The highest BCUT2D eigenvalue weighted by Crippen LogP contribution is 2.18. The zero-order valence-corrected chi connectivity index (χ0v) is 15.4. The van der Waals surface area contributed by atoms with Crippen molar-refractivity contribution >= 4 is 34.9 Å². The van der Waals surface area contributed by atoms with Gasteiger partial charge in [-0.1, -0.05) is 36.2 Å². The predicted molar refractivity (Wildman–Crippen MR) is 97.8 cm³/mol. The smallest absolute Gasteiger partial charge is 0.230 e. The summed E-state index contributed by atoms with van der Waals surface area (Å²) in [5, 5.41) is 12.0. The Hall–Kier alpha value is -2.38. The Kier molecular flexibility index (Phi) is 5.58. The first-order chi connectivity index (χ1) is 12.4. The summed E-state index contributed by atoms with van der Waals surface area (Å²) in [6.45, 7) is 2.57. The van der Waals surface area contributed by atoms with Crippen LogP contribution in [0.1, 0.15) is 12.5 Å². The molecule has 3 rings (SSSR count). The number of nitrogens with zero attached hydrogens (tertiary/aromatic N) is 4. The second-order valence-corrected chi connectivity index (χ2v) is 6.75. The maximum absolute atomic E-state index is 13.1. The first-order valence-corrected chi connectivity index (χ1v) is 8.62. The molecule has 0 fully saturated rings. The monoisotopic (exact) mass is 395 g/mol.